The maximum atomic E-state index is 4.67. The van der Waals surface area contributed by atoms with E-state index < -0.39 is 0 Å². The first-order valence-electron chi connectivity index (χ1n) is 7.81. The molecule has 0 spiro atoms. The molecule has 0 unspecified atom stereocenters. The molecular formula is C16H13N9. The molecule has 0 bridgehead atoms. The molecule has 0 amide bonds. The molecule has 0 N–H and O–H groups in total. The Hall–Kier alpha value is -3.49. The van der Waals surface area contributed by atoms with Gasteiger partial charge in [0.25, 0.3) is 0 Å². The van der Waals surface area contributed by atoms with Crippen LogP contribution in [-0.2, 0) is 20.1 Å². The molecule has 25 heavy (non-hydrogen) atoms. The lowest BCUT2D eigenvalue weighted by molar-refractivity contribution is 0.695. The second kappa shape index (κ2) is 5.26. The smallest absolute Gasteiger partial charge is 0.221 e. The number of aromatic nitrogens is 8. The third kappa shape index (κ3) is 2.28. The summed E-state index contributed by atoms with van der Waals surface area (Å²) in [6.45, 7) is 1.09. The number of nitrogens with zero attached hydrogens (tertiary/aromatic N) is 9. The summed E-state index contributed by atoms with van der Waals surface area (Å²) in [6, 6.07) is 3.94. The number of pyridine rings is 1. The predicted molar refractivity (Wildman–Crippen MR) is 89.8 cm³/mol. The van der Waals surface area contributed by atoms with Gasteiger partial charge in [-0.25, -0.2) is 14.6 Å². The average molecular weight is 331 g/mol. The molecule has 1 aliphatic rings. The van der Waals surface area contributed by atoms with Crippen molar-refractivity contribution in [2.75, 3.05) is 0 Å². The molecule has 9 nitrogen and oxygen atoms in total. The zero-order valence-corrected chi connectivity index (χ0v) is 13.4. The Morgan fingerprint density at radius 2 is 2.16 bits per heavy atom. The fourth-order valence-electron chi connectivity index (χ4n) is 2.91. The molecule has 5 heterocycles. The molecule has 4 aromatic rings. The Balaban J connectivity index is 1.54. The van der Waals surface area contributed by atoms with Crippen molar-refractivity contribution in [3.63, 3.8) is 0 Å². The van der Waals surface area contributed by atoms with Crippen LogP contribution in [0.1, 0.15) is 11.3 Å². The van der Waals surface area contributed by atoms with Crippen LogP contribution in [0.15, 0.2) is 41.9 Å². The van der Waals surface area contributed by atoms with Crippen LogP contribution in [0, 0.1) is 0 Å². The number of aryl methyl sites for hydroxylation is 1. The van der Waals surface area contributed by atoms with Gasteiger partial charge in [-0.1, -0.05) is 5.21 Å². The number of fused-ring (bicyclic) bond motifs is 2. The molecule has 0 radical (unpaired) electrons. The van der Waals surface area contributed by atoms with Crippen LogP contribution in [0.3, 0.4) is 0 Å². The van der Waals surface area contributed by atoms with E-state index in [4.69, 9.17) is 0 Å². The minimum Gasteiger partial charge on any atom is -0.281 e. The molecule has 0 saturated heterocycles. The minimum atomic E-state index is 0.486. The van der Waals surface area contributed by atoms with Crippen molar-refractivity contribution in [3.05, 3.63) is 48.2 Å². The highest BCUT2D eigenvalue weighted by Crippen LogP contribution is 2.20. The van der Waals surface area contributed by atoms with Gasteiger partial charge in [-0.3, -0.25) is 14.7 Å². The quantitative estimate of drug-likeness (QED) is 0.556. The van der Waals surface area contributed by atoms with Crippen LogP contribution in [0.2, 0.25) is 0 Å². The van der Waals surface area contributed by atoms with Gasteiger partial charge in [0.2, 0.25) is 5.65 Å². The molecular weight excluding hydrogens is 318 g/mol. The van der Waals surface area contributed by atoms with E-state index in [9.17, 15) is 0 Å². The maximum absolute atomic E-state index is 4.67. The highest BCUT2D eigenvalue weighted by atomic mass is 15.5. The van der Waals surface area contributed by atoms with Crippen molar-refractivity contribution >= 4 is 17.0 Å². The topological polar surface area (TPSA) is 99.6 Å². The highest BCUT2D eigenvalue weighted by molar-refractivity contribution is 6.03. The maximum Gasteiger partial charge on any atom is 0.221 e. The first kappa shape index (κ1) is 13.9. The lowest BCUT2D eigenvalue weighted by Gasteiger charge is -2.04. The van der Waals surface area contributed by atoms with Crippen molar-refractivity contribution < 1.29 is 0 Å². The summed E-state index contributed by atoms with van der Waals surface area (Å²) in [4.78, 5) is 18.0. The van der Waals surface area contributed by atoms with E-state index in [2.05, 4.69) is 35.4 Å². The molecule has 0 saturated carbocycles. The lowest BCUT2D eigenvalue weighted by Crippen LogP contribution is -2.12. The van der Waals surface area contributed by atoms with E-state index in [1.807, 2.05) is 25.4 Å². The fraction of sp³-hybridized carbons (Fsp3) is 0.188. The van der Waals surface area contributed by atoms with Gasteiger partial charge < -0.3 is 0 Å². The number of aliphatic imine (C=N–C) groups is 1. The van der Waals surface area contributed by atoms with Gasteiger partial charge in [-0.05, 0) is 12.1 Å². The van der Waals surface area contributed by atoms with Crippen LogP contribution in [0.4, 0.5) is 0 Å². The van der Waals surface area contributed by atoms with Crippen LogP contribution >= 0.6 is 0 Å². The molecule has 0 fully saturated rings. The average Bonchev–Trinajstić information content (AvgIpc) is 3.35. The fourth-order valence-corrected chi connectivity index (χ4v) is 2.91. The van der Waals surface area contributed by atoms with Crippen molar-refractivity contribution in [1.82, 2.24) is 39.7 Å². The van der Waals surface area contributed by atoms with E-state index in [1.165, 1.54) is 0 Å². The number of hydrogen-bond acceptors (Lipinski definition) is 7. The lowest BCUT2D eigenvalue weighted by atomic mass is 10.1. The summed E-state index contributed by atoms with van der Waals surface area (Å²) >= 11 is 0. The highest BCUT2D eigenvalue weighted by Gasteiger charge is 2.19. The van der Waals surface area contributed by atoms with Gasteiger partial charge in [0.05, 0.1) is 42.6 Å². The second-order valence-corrected chi connectivity index (χ2v) is 5.81. The molecule has 0 aromatic carbocycles. The van der Waals surface area contributed by atoms with E-state index >= 15 is 0 Å². The van der Waals surface area contributed by atoms with Gasteiger partial charge in [0, 0.05) is 30.6 Å². The van der Waals surface area contributed by atoms with E-state index in [0.29, 0.717) is 24.4 Å². The van der Waals surface area contributed by atoms with E-state index in [-0.39, 0.29) is 0 Å². The van der Waals surface area contributed by atoms with Crippen molar-refractivity contribution in [3.8, 4) is 11.3 Å². The number of rotatable bonds is 3. The van der Waals surface area contributed by atoms with Gasteiger partial charge in [-0.15, -0.1) is 5.10 Å². The SMILES string of the molecule is Cn1cc(-c2cnc3nnn(CC4=NCc5ncccc54)c3n2)cn1. The largest absolute Gasteiger partial charge is 0.281 e. The molecule has 122 valence electrons. The third-order valence-electron chi connectivity index (χ3n) is 4.15. The third-order valence-corrected chi connectivity index (χ3v) is 4.15. The summed E-state index contributed by atoms with van der Waals surface area (Å²) in [7, 11) is 1.87. The monoisotopic (exact) mass is 331 g/mol. The molecule has 4 aromatic heterocycles. The van der Waals surface area contributed by atoms with Crippen LogP contribution in [-0.4, -0.2) is 45.4 Å². The zero-order valence-electron chi connectivity index (χ0n) is 13.4. The Bertz CT molecular complexity index is 1120. The molecule has 0 atom stereocenters. The summed E-state index contributed by atoms with van der Waals surface area (Å²) < 4.78 is 3.46. The molecule has 1 aliphatic heterocycles. The second-order valence-electron chi connectivity index (χ2n) is 5.81. The van der Waals surface area contributed by atoms with Crippen LogP contribution in [0.5, 0.6) is 0 Å². The summed E-state index contributed by atoms with van der Waals surface area (Å²) in [5.41, 5.74) is 5.76. The van der Waals surface area contributed by atoms with Crippen molar-refractivity contribution in [2.24, 2.45) is 12.0 Å². The van der Waals surface area contributed by atoms with Crippen molar-refractivity contribution in [2.45, 2.75) is 13.1 Å². The summed E-state index contributed by atoms with van der Waals surface area (Å²) in [6.07, 6.45) is 7.12. The Morgan fingerprint density at radius 3 is 3.04 bits per heavy atom. The minimum absolute atomic E-state index is 0.486. The first-order valence-corrected chi connectivity index (χ1v) is 7.81. The van der Waals surface area contributed by atoms with Gasteiger partial charge in [0.15, 0.2) is 5.65 Å². The van der Waals surface area contributed by atoms with E-state index in [0.717, 1.165) is 28.2 Å². The molecule has 9 heteroatoms. The Kier molecular flexibility index (Phi) is 2.93. The van der Waals surface area contributed by atoms with Crippen LogP contribution in [0.25, 0.3) is 22.6 Å². The Morgan fingerprint density at radius 1 is 1.20 bits per heavy atom. The van der Waals surface area contributed by atoms with Crippen LogP contribution < -0.4 is 0 Å². The summed E-state index contributed by atoms with van der Waals surface area (Å²) in [5, 5.41) is 12.5. The molecule has 0 aliphatic carbocycles. The van der Waals surface area contributed by atoms with Gasteiger partial charge in [-0.2, -0.15) is 5.10 Å². The predicted octanol–water partition coefficient (Wildman–Crippen LogP) is 1.02. The first-order chi connectivity index (χ1) is 12.3. The van der Waals surface area contributed by atoms with Crippen molar-refractivity contribution in [1.29, 1.82) is 0 Å². The van der Waals surface area contributed by atoms with E-state index in [1.54, 1.807) is 28.0 Å². The normalized spacial score (nSPS) is 13.2. The summed E-state index contributed by atoms with van der Waals surface area (Å²) in [5.74, 6) is 0. The molecule has 5 rings (SSSR count). The Labute approximate surface area is 142 Å². The number of hydrogen-bond donors (Lipinski definition) is 0. The van der Waals surface area contributed by atoms with Gasteiger partial charge in [0.1, 0.15) is 0 Å². The van der Waals surface area contributed by atoms with Gasteiger partial charge >= 0.3 is 0 Å². The zero-order chi connectivity index (χ0) is 16.8. The standard InChI is InChI=1S/C16H13N9/c1-24-8-10(5-20-24)12-6-19-15-16(21-12)25(23-22-15)9-14-11-3-2-4-17-13(11)7-18-14/h2-6,8H,7,9H2,1H3.